The van der Waals surface area contributed by atoms with Crippen molar-refractivity contribution in [3.63, 3.8) is 0 Å². The Labute approximate surface area is 215 Å². The zero-order chi connectivity index (χ0) is 27.2. The van der Waals surface area contributed by atoms with Crippen LogP contribution in [0.25, 0.3) is 6.08 Å². The Kier molecular flexibility index (Phi) is 15.5. The lowest BCUT2D eigenvalue weighted by molar-refractivity contribution is -0.148. The van der Waals surface area contributed by atoms with Crippen molar-refractivity contribution in [1.82, 2.24) is 4.98 Å². The normalized spacial score (nSPS) is 14.6. The van der Waals surface area contributed by atoms with Gasteiger partial charge in [0.05, 0.1) is 35.8 Å². The van der Waals surface area contributed by atoms with Crippen LogP contribution in [0.5, 0.6) is 0 Å². The number of aryl methyl sites for hydroxylation is 1. The largest absolute Gasteiger partial charge is 0.469 e. The number of esters is 1. The van der Waals surface area contributed by atoms with Crippen molar-refractivity contribution in [2.24, 2.45) is 17.3 Å². The topological polar surface area (TPSA) is 93.6 Å². The number of rotatable bonds is 13. The first-order chi connectivity index (χ1) is 16.3. The number of carbonyl (C=O) groups excluding carboxylic acids is 3. The summed E-state index contributed by atoms with van der Waals surface area (Å²) in [6, 6.07) is 0. The first-order valence-corrected chi connectivity index (χ1v) is 13.2. The van der Waals surface area contributed by atoms with Gasteiger partial charge in [-0.25, -0.2) is 4.98 Å². The maximum atomic E-state index is 12.8. The zero-order valence-electron chi connectivity index (χ0n) is 23.0. The summed E-state index contributed by atoms with van der Waals surface area (Å²) in [6.45, 7) is 15.0. The van der Waals surface area contributed by atoms with Crippen molar-refractivity contribution in [3.05, 3.63) is 33.8 Å². The average Bonchev–Trinajstić information content (AvgIpc) is 3.21. The lowest BCUT2D eigenvalue weighted by atomic mass is 9.74. The van der Waals surface area contributed by atoms with E-state index in [1.165, 1.54) is 7.11 Å². The molecular formula is C28H45NO5S. The van der Waals surface area contributed by atoms with E-state index in [4.69, 9.17) is 0 Å². The molecule has 35 heavy (non-hydrogen) atoms. The summed E-state index contributed by atoms with van der Waals surface area (Å²) in [4.78, 5) is 40.4. The molecule has 1 aromatic heterocycles. The minimum Gasteiger partial charge on any atom is -0.469 e. The number of hydrogen-bond acceptors (Lipinski definition) is 7. The Hall–Kier alpha value is -2.12. The average molecular weight is 508 g/mol. The smallest absolute Gasteiger partial charge is 0.308 e. The Morgan fingerprint density at radius 1 is 1.26 bits per heavy atom. The van der Waals surface area contributed by atoms with E-state index in [1.54, 1.807) is 25.2 Å². The maximum Gasteiger partial charge on any atom is 0.308 e. The summed E-state index contributed by atoms with van der Waals surface area (Å²) in [7, 11) is 1.26. The minimum absolute atomic E-state index is 0.0749. The number of methoxy groups -OCH3 is 1. The van der Waals surface area contributed by atoms with E-state index in [0.717, 1.165) is 29.1 Å². The van der Waals surface area contributed by atoms with E-state index >= 15 is 0 Å². The number of aliphatic hydroxyl groups is 1. The van der Waals surface area contributed by atoms with Crippen LogP contribution in [0.1, 0.15) is 91.3 Å². The van der Waals surface area contributed by atoms with Crippen LogP contribution in [0.2, 0.25) is 0 Å². The molecule has 198 valence electrons. The van der Waals surface area contributed by atoms with Crippen molar-refractivity contribution < 1.29 is 24.2 Å². The van der Waals surface area contributed by atoms with E-state index in [9.17, 15) is 19.5 Å². The number of carbonyl (C=O) groups is 3. The second kappa shape index (κ2) is 16.5. The molecule has 6 nitrogen and oxygen atoms in total. The van der Waals surface area contributed by atoms with Gasteiger partial charge in [0.1, 0.15) is 5.78 Å². The van der Waals surface area contributed by atoms with Crippen LogP contribution >= 0.6 is 11.3 Å². The van der Waals surface area contributed by atoms with Crippen LogP contribution in [0.3, 0.4) is 0 Å². The lowest BCUT2D eigenvalue weighted by Gasteiger charge is -2.31. The number of Topliss-reactive ketones (excluding diaryl/α,β-unsaturated/α-hetero) is 2. The number of hydrogen-bond donors (Lipinski definition) is 1. The molecule has 1 N–H and O–H groups in total. The van der Waals surface area contributed by atoms with Gasteiger partial charge in [-0.1, -0.05) is 46.8 Å². The van der Waals surface area contributed by atoms with Gasteiger partial charge in [-0.3, -0.25) is 14.4 Å². The van der Waals surface area contributed by atoms with Gasteiger partial charge >= 0.3 is 5.97 Å². The van der Waals surface area contributed by atoms with Crippen LogP contribution in [0.4, 0.5) is 0 Å². The second-order valence-electron chi connectivity index (χ2n) is 9.67. The third kappa shape index (κ3) is 12.4. The van der Waals surface area contributed by atoms with Gasteiger partial charge in [0.25, 0.3) is 0 Å². The van der Waals surface area contributed by atoms with E-state index in [-0.39, 0.29) is 29.8 Å². The van der Waals surface area contributed by atoms with Crippen molar-refractivity contribution in [2.75, 3.05) is 7.11 Å². The molecular weight excluding hydrogens is 462 g/mol. The number of aliphatic hydroxyl groups excluding tert-OH is 1. The van der Waals surface area contributed by atoms with Gasteiger partial charge < -0.3 is 9.84 Å². The van der Waals surface area contributed by atoms with E-state index in [0.29, 0.717) is 12.8 Å². The monoisotopic (exact) mass is 507 g/mol. The van der Waals surface area contributed by atoms with Gasteiger partial charge in [0, 0.05) is 17.7 Å². The van der Waals surface area contributed by atoms with Crippen molar-refractivity contribution >= 4 is 34.9 Å². The zero-order valence-corrected chi connectivity index (χ0v) is 23.8. The van der Waals surface area contributed by atoms with Crippen LogP contribution in [0.15, 0.2) is 23.1 Å². The number of aromatic nitrogens is 1. The lowest BCUT2D eigenvalue weighted by Crippen LogP contribution is -2.41. The number of allylic oxidation sites excluding steroid dienone is 3. The highest BCUT2D eigenvalue weighted by molar-refractivity contribution is 7.09. The molecule has 0 aliphatic heterocycles. The van der Waals surface area contributed by atoms with Crippen molar-refractivity contribution in [2.45, 2.75) is 93.6 Å². The maximum absolute atomic E-state index is 12.8. The molecule has 0 fully saturated rings. The molecule has 0 bridgehead atoms. The van der Waals surface area contributed by atoms with Gasteiger partial charge in [0.15, 0.2) is 5.78 Å². The fourth-order valence-corrected chi connectivity index (χ4v) is 4.33. The highest BCUT2D eigenvalue weighted by Gasteiger charge is 2.39. The summed E-state index contributed by atoms with van der Waals surface area (Å²) in [5.41, 5.74) is 0.847. The third-order valence-corrected chi connectivity index (χ3v) is 6.84. The molecule has 0 radical (unpaired) electrons. The molecule has 1 aromatic rings. The second-order valence-corrected chi connectivity index (χ2v) is 10.7. The molecule has 3 unspecified atom stereocenters. The van der Waals surface area contributed by atoms with Crippen molar-refractivity contribution in [3.8, 4) is 0 Å². The van der Waals surface area contributed by atoms with Crippen LogP contribution in [-0.4, -0.2) is 40.8 Å². The van der Waals surface area contributed by atoms with E-state index in [1.807, 2.05) is 59.8 Å². The van der Waals surface area contributed by atoms with E-state index in [2.05, 4.69) is 15.1 Å². The predicted molar refractivity (Wildman–Crippen MR) is 144 cm³/mol. The Bertz CT molecular complexity index is 868. The number of ketones is 2. The Morgan fingerprint density at radius 3 is 2.37 bits per heavy atom. The summed E-state index contributed by atoms with van der Waals surface area (Å²) in [5, 5.41) is 13.4. The molecule has 0 aliphatic carbocycles. The molecule has 0 aromatic carbocycles. The standard InChI is InChI=1S/C21H36O5.C7H9NS/c1-8-9-15(3)17(22)11-10-14(2)12-16(4)20(25)21(5,6)18(23)13-19(24)26-7;1-3-4-7-5-9-6(2)8-7/h9,14,16,18,23H,8,10-13H2,1-7H3;3-5H,1-2H3/b15-9-;4-3-. The number of thiazole rings is 1. The molecule has 7 heteroatoms. The molecule has 0 saturated carbocycles. The first kappa shape index (κ1) is 32.9. The first-order valence-electron chi connectivity index (χ1n) is 12.3. The predicted octanol–water partition coefficient (Wildman–Crippen LogP) is 6.36. The van der Waals surface area contributed by atoms with Gasteiger partial charge in [0.2, 0.25) is 0 Å². The molecule has 3 atom stereocenters. The summed E-state index contributed by atoms with van der Waals surface area (Å²) in [6.07, 6.45) is 7.37. The van der Waals surface area contributed by atoms with Crippen LogP contribution in [-0.2, 0) is 19.1 Å². The highest BCUT2D eigenvalue weighted by Crippen LogP contribution is 2.31. The molecule has 0 aliphatic rings. The number of nitrogens with zero attached hydrogens (tertiary/aromatic N) is 1. The SMILES string of the molecule is C/C=C\c1csc(C)n1.CC/C=C(/C)C(=O)CCC(C)CC(C)C(=O)C(C)(C)C(O)CC(=O)OC. The molecule has 0 spiro atoms. The van der Waals surface area contributed by atoms with Crippen LogP contribution in [0, 0.1) is 24.2 Å². The van der Waals surface area contributed by atoms with Gasteiger partial charge in [-0.15, -0.1) is 11.3 Å². The quantitative estimate of drug-likeness (QED) is 0.247. The molecule has 0 amide bonds. The molecule has 0 saturated heterocycles. The van der Waals surface area contributed by atoms with Gasteiger partial charge in [-0.05, 0) is 57.6 Å². The fourth-order valence-electron chi connectivity index (χ4n) is 3.75. The number of ether oxygens (including phenoxy) is 1. The Morgan fingerprint density at radius 2 is 1.89 bits per heavy atom. The molecule has 1 heterocycles. The fraction of sp³-hybridized carbons (Fsp3) is 0.643. The summed E-state index contributed by atoms with van der Waals surface area (Å²) >= 11 is 1.68. The third-order valence-electron chi connectivity index (χ3n) is 6.05. The summed E-state index contributed by atoms with van der Waals surface area (Å²) in [5.74, 6) is -0.482. The van der Waals surface area contributed by atoms with E-state index < -0.39 is 17.5 Å². The molecule has 1 rings (SSSR count). The van der Waals surface area contributed by atoms with Gasteiger partial charge in [-0.2, -0.15) is 0 Å². The Balaban J connectivity index is 0.00000106. The highest BCUT2D eigenvalue weighted by atomic mass is 32.1. The van der Waals surface area contributed by atoms with Crippen molar-refractivity contribution in [1.29, 1.82) is 0 Å². The summed E-state index contributed by atoms with van der Waals surface area (Å²) < 4.78 is 4.57. The van der Waals surface area contributed by atoms with Crippen LogP contribution < -0.4 is 0 Å². The minimum atomic E-state index is -1.08.